The van der Waals surface area contributed by atoms with Gasteiger partial charge >= 0.3 is 0 Å². The molecule has 1 N–H and O–H groups in total. The second kappa shape index (κ2) is 7.65. The van der Waals surface area contributed by atoms with E-state index in [2.05, 4.69) is 12.2 Å². The standard InChI is InChI=1S/C26H25NO4/c1-3-29-21-9-5-18(6-10-21)22-15-20(8-4-17(22)2)27-25(28)26(12-13-26)19-7-11-23-24(14-19)31-16-30-23/h4-11,14-15H,3,12-13,16H2,1-2H3,(H,27,28). The predicted octanol–water partition coefficient (Wildman–Crippen LogP) is 5.46. The Kier molecular flexibility index (Phi) is 4.81. The Morgan fingerprint density at radius 1 is 1.00 bits per heavy atom. The molecule has 1 fully saturated rings. The van der Waals surface area contributed by atoms with Gasteiger partial charge in [-0.1, -0.05) is 24.3 Å². The Hall–Kier alpha value is -3.47. The summed E-state index contributed by atoms with van der Waals surface area (Å²) in [6.45, 7) is 4.92. The largest absolute Gasteiger partial charge is 0.494 e. The third-order valence-corrected chi connectivity index (χ3v) is 6.08. The van der Waals surface area contributed by atoms with E-state index in [4.69, 9.17) is 14.2 Å². The van der Waals surface area contributed by atoms with Crippen LogP contribution in [0.15, 0.2) is 60.7 Å². The first kappa shape index (κ1) is 19.5. The smallest absolute Gasteiger partial charge is 0.235 e. The van der Waals surface area contributed by atoms with Crippen LogP contribution in [0.5, 0.6) is 17.2 Å². The van der Waals surface area contributed by atoms with E-state index in [1.54, 1.807) is 0 Å². The fourth-order valence-corrected chi connectivity index (χ4v) is 4.12. The molecule has 31 heavy (non-hydrogen) atoms. The van der Waals surface area contributed by atoms with Crippen molar-refractivity contribution >= 4 is 11.6 Å². The topological polar surface area (TPSA) is 56.8 Å². The highest BCUT2D eigenvalue weighted by Crippen LogP contribution is 2.51. The molecular formula is C26H25NO4. The maximum Gasteiger partial charge on any atom is 0.235 e. The molecule has 1 amide bonds. The molecule has 1 heterocycles. The third kappa shape index (κ3) is 3.61. The second-order valence-corrected chi connectivity index (χ2v) is 8.09. The molecule has 1 aliphatic carbocycles. The van der Waals surface area contributed by atoms with Crippen LogP contribution in [0.1, 0.15) is 30.9 Å². The summed E-state index contributed by atoms with van der Waals surface area (Å²) in [5.41, 5.74) is 4.62. The van der Waals surface area contributed by atoms with E-state index in [-0.39, 0.29) is 12.7 Å². The fraction of sp³-hybridized carbons (Fsp3) is 0.269. The Morgan fingerprint density at radius 3 is 2.52 bits per heavy atom. The number of carbonyl (C=O) groups excluding carboxylic acids is 1. The van der Waals surface area contributed by atoms with Gasteiger partial charge in [-0.25, -0.2) is 0 Å². The van der Waals surface area contributed by atoms with Crippen LogP contribution < -0.4 is 19.5 Å². The predicted molar refractivity (Wildman–Crippen MR) is 120 cm³/mol. The van der Waals surface area contributed by atoms with Gasteiger partial charge in [0.25, 0.3) is 0 Å². The molecule has 1 saturated carbocycles. The van der Waals surface area contributed by atoms with Gasteiger partial charge in [-0.15, -0.1) is 0 Å². The van der Waals surface area contributed by atoms with Crippen LogP contribution in [-0.4, -0.2) is 19.3 Å². The first-order chi connectivity index (χ1) is 15.1. The molecular weight excluding hydrogens is 390 g/mol. The molecule has 158 valence electrons. The summed E-state index contributed by atoms with van der Waals surface area (Å²) >= 11 is 0. The lowest BCUT2D eigenvalue weighted by Crippen LogP contribution is -2.27. The average molecular weight is 415 g/mol. The van der Waals surface area contributed by atoms with Crippen LogP contribution in [-0.2, 0) is 10.2 Å². The molecule has 5 nitrogen and oxygen atoms in total. The van der Waals surface area contributed by atoms with Crippen LogP contribution in [0.3, 0.4) is 0 Å². The molecule has 2 aliphatic rings. The van der Waals surface area contributed by atoms with Gasteiger partial charge in [0.05, 0.1) is 12.0 Å². The van der Waals surface area contributed by atoms with Crippen molar-refractivity contribution in [3.05, 3.63) is 71.8 Å². The minimum atomic E-state index is -0.495. The van der Waals surface area contributed by atoms with Gasteiger partial charge in [-0.2, -0.15) is 0 Å². The monoisotopic (exact) mass is 415 g/mol. The van der Waals surface area contributed by atoms with Crippen molar-refractivity contribution < 1.29 is 19.0 Å². The molecule has 0 aromatic heterocycles. The molecule has 1 aliphatic heterocycles. The summed E-state index contributed by atoms with van der Waals surface area (Å²) < 4.78 is 16.4. The van der Waals surface area contributed by atoms with E-state index in [0.717, 1.165) is 52.3 Å². The van der Waals surface area contributed by atoms with Gasteiger partial charge in [0.15, 0.2) is 11.5 Å². The van der Waals surface area contributed by atoms with Crippen molar-refractivity contribution in [2.24, 2.45) is 0 Å². The number of ether oxygens (including phenoxy) is 3. The molecule has 3 aromatic carbocycles. The van der Waals surface area contributed by atoms with E-state index in [0.29, 0.717) is 12.4 Å². The van der Waals surface area contributed by atoms with Crippen molar-refractivity contribution in [2.75, 3.05) is 18.7 Å². The summed E-state index contributed by atoms with van der Waals surface area (Å²) in [6, 6.07) is 19.9. The maximum atomic E-state index is 13.2. The zero-order valence-electron chi connectivity index (χ0n) is 17.7. The number of rotatable bonds is 6. The molecule has 5 heteroatoms. The van der Waals surface area contributed by atoms with E-state index in [9.17, 15) is 4.79 Å². The Morgan fingerprint density at radius 2 is 1.77 bits per heavy atom. The number of anilines is 1. The zero-order valence-corrected chi connectivity index (χ0v) is 17.7. The van der Waals surface area contributed by atoms with Crippen LogP contribution in [0, 0.1) is 6.92 Å². The summed E-state index contributed by atoms with van der Waals surface area (Å²) in [6.07, 6.45) is 1.66. The first-order valence-corrected chi connectivity index (χ1v) is 10.6. The quantitative estimate of drug-likeness (QED) is 0.581. The number of benzene rings is 3. The van der Waals surface area contributed by atoms with Gasteiger partial charge in [-0.05, 0) is 85.3 Å². The van der Waals surface area contributed by atoms with E-state index in [1.165, 1.54) is 0 Å². The van der Waals surface area contributed by atoms with Crippen molar-refractivity contribution in [1.82, 2.24) is 0 Å². The molecule has 3 aromatic rings. The van der Waals surface area contributed by atoms with Crippen molar-refractivity contribution in [3.8, 4) is 28.4 Å². The van der Waals surface area contributed by atoms with E-state index >= 15 is 0 Å². The minimum absolute atomic E-state index is 0.0212. The number of amides is 1. The highest BCUT2D eigenvalue weighted by molar-refractivity contribution is 6.02. The van der Waals surface area contributed by atoms with Gasteiger partial charge in [0.2, 0.25) is 12.7 Å². The molecule has 0 spiro atoms. The number of hydrogen-bond acceptors (Lipinski definition) is 4. The molecule has 0 bridgehead atoms. The van der Waals surface area contributed by atoms with Crippen LogP contribution >= 0.6 is 0 Å². The van der Waals surface area contributed by atoms with Gasteiger partial charge in [-0.3, -0.25) is 4.79 Å². The van der Waals surface area contributed by atoms with Crippen LogP contribution in [0.2, 0.25) is 0 Å². The molecule has 0 saturated heterocycles. The summed E-state index contributed by atoms with van der Waals surface area (Å²) in [7, 11) is 0. The van der Waals surface area contributed by atoms with Gasteiger partial charge in [0, 0.05) is 5.69 Å². The van der Waals surface area contributed by atoms with Crippen molar-refractivity contribution in [1.29, 1.82) is 0 Å². The first-order valence-electron chi connectivity index (χ1n) is 10.6. The number of nitrogens with one attached hydrogen (secondary N) is 1. The Labute approximate surface area is 182 Å². The van der Waals surface area contributed by atoms with E-state index < -0.39 is 5.41 Å². The number of aryl methyl sites for hydroxylation is 1. The highest BCUT2D eigenvalue weighted by Gasteiger charge is 2.51. The average Bonchev–Trinajstić information content (AvgIpc) is 3.47. The summed E-state index contributed by atoms with van der Waals surface area (Å²) in [5.74, 6) is 2.32. The lowest BCUT2D eigenvalue weighted by Gasteiger charge is -2.17. The van der Waals surface area contributed by atoms with Crippen LogP contribution in [0.4, 0.5) is 5.69 Å². The second-order valence-electron chi connectivity index (χ2n) is 8.09. The third-order valence-electron chi connectivity index (χ3n) is 6.08. The number of carbonyl (C=O) groups is 1. The summed E-state index contributed by atoms with van der Waals surface area (Å²) in [5, 5.41) is 3.14. The fourth-order valence-electron chi connectivity index (χ4n) is 4.12. The normalized spacial score (nSPS) is 15.4. The number of hydrogen-bond donors (Lipinski definition) is 1. The van der Waals surface area contributed by atoms with Gasteiger partial charge < -0.3 is 19.5 Å². The Bertz CT molecular complexity index is 1130. The van der Waals surface area contributed by atoms with Crippen molar-refractivity contribution in [3.63, 3.8) is 0 Å². The highest BCUT2D eigenvalue weighted by atomic mass is 16.7. The number of fused-ring (bicyclic) bond motifs is 1. The molecule has 0 radical (unpaired) electrons. The van der Waals surface area contributed by atoms with E-state index in [1.807, 2.05) is 67.6 Å². The van der Waals surface area contributed by atoms with Crippen LogP contribution in [0.25, 0.3) is 11.1 Å². The lowest BCUT2D eigenvalue weighted by atomic mass is 9.94. The Balaban J connectivity index is 1.38. The van der Waals surface area contributed by atoms with Crippen molar-refractivity contribution in [2.45, 2.75) is 32.1 Å². The minimum Gasteiger partial charge on any atom is -0.494 e. The SMILES string of the molecule is CCOc1ccc(-c2cc(NC(=O)C3(c4ccc5c(c4)OCO5)CC3)ccc2C)cc1. The van der Waals surface area contributed by atoms with Gasteiger partial charge in [0.1, 0.15) is 5.75 Å². The lowest BCUT2D eigenvalue weighted by molar-refractivity contribution is -0.118. The molecule has 0 unspecified atom stereocenters. The molecule has 5 rings (SSSR count). The zero-order chi connectivity index (χ0) is 21.4. The maximum absolute atomic E-state index is 13.2. The summed E-state index contributed by atoms with van der Waals surface area (Å²) in [4.78, 5) is 13.2. The molecule has 0 atom stereocenters.